The Kier molecular flexibility index (Phi) is 6.88. The minimum Gasteiger partial charge on any atom is -0.302 e. The van der Waals surface area contributed by atoms with E-state index < -0.39 is 4.92 Å². The van der Waals surface area contributed by atoms with Crippen LogP contribution in [0.4, 0.5) is 10.7 Å². The number of benzene rings is 1. The van der Waals surface area contributed by atoms with Crippen LogP contribution in [0.3, 0.4) is 0 Å². The van der Waals surface area contributed by atoms with Crippen LogP contribution in [-0.4, -0.2) is 30.9 Å². The third-order valence-electron chi connectivity index (χ3n) is 5.96. The third kappa shape index (κ3) is 4.65. The maximum atomic E-state index is 11.5. The van der Waals surface area contributed by atoms with Crippen LogP contribution >= 0.6 is 23.1 Å². The number of nitriles is 1. The summed E-state index contributed by atoms with van der Waals surface area (Å²) in [5.41, 5.74) is 3.19. The predicted octanol–water partition coefficient (Wildman–Crippen LogP) is 5.98. The molecule has 0 fully saturated rings. The van der Waals surface area contributed by atoms with E-state index in [0.717, 1.165) is 47.5 Å². The highest BCUT2D eigenvalue weighted by Gasteiger charge is 2.21. The van der Waals surface area contributed by atoms with Gasteiger partial charge in [-0.2, -0.15) is 5.26 Å². The van der Waals surface area contributed by atoms with Crippen molar-refractivity contribution in [1.29, 1.82) is 5.26 Å². The zero-order chi connectivity index (χ0) is 25.1. The van der Waals surface area contributed by atoms with E-state index in [4.69, 9.17) is 0 Å². The largest absolute Gasteiger partial charge is 0.302 e. The highest BCUT2D eigenvalue weighted by Crippen LogP contribution is 2.40. The van der Waals surface area contributed by atoms with Crippen LogP contribution < -0.4 is 0 Å². The summed E-state index contributed by atoms with van der Waals surface area (Å²) < 4.78 is 1.99. The number of nitro groups is 1. The Morgan fingerprint density at radius 3 is 2.81 bits per heavy atom. The standard InChI is InChI=1S/C25H21N7O2S2/c1-2-31-23(16-9-11-27-12-10-16)29-30-25(31)36-21-8-7-18(32(33)34)13-17(21)15-28-24-20(14-26)19-5-3-4-6-22(19)35-24/h7-13,15H,2-6H2,1H3. The monoisotopic (exact) mass is 515 g/mol. The second kappa shape index (κ2) is 10.4. The Morgan fingerprint density at radius 1 is 1.25 bits per heavy atom. The molecule has 180 valence electrons. The average Bonchev–Trinajstić information content (AvgIpc) is 3.48. The highest BCUT2D eigenvalue weighted by molar-refractivity contribution is 7.99. The number of rotatable bonds is 7. The van der Waals surface area contributed by atoms with Crippen LogP contribution in [0.1, 0.15) is 41.3 Å². The van der Waals surface area contributed by atoms with E-state index in [2.05, 4.69) is 26.2 Å². The predicted molar refractivity (Wildman–Crippen MR) is 139 cm³/mol. The van der Waals surface area contributed by atoms with Crippen LogP contribution in [0.25, 0.3) is 11.4 Å². The number of hydrogen-bond acceptors (Lipinski definition) is 9. The quantitative estimate of drug-likeness (QED) is 0.168. The number of aromatic nitrogens is 4. The molecule has 3 aromatic heterocycles. The van der Waals surface area contributed by atoms with Crippen molar-refractivity contribution in [1.82, 2.24) is 19.7 Å². The second-order valence-electron chi connectivity index (χ2n) is 8.13. The third-order valence-corrected chi connectivity index (χ3v) is 8.24. The first-order valence-corrected chi connectivity index (χ1v) is 13.1. The van der Waals surface area contributed by atoms with Gasteiger partial charge in [0.05, 0.1) is 10.5 Å². The van der Waals surface area contributed by atoms with Gasteiger partial charge in [-0.1, -0.05) is 0 Å². The molecule has 0 N–H and O–H groups in total. The zero-order valence-electron chi connectivity index (χ0n) is 19.4. The molecule has 0 saturated heterocycles. The molecule has 5 rings (SSSR count). The summed E-state index contributed by atoms with van der Waals surface area (Å²) >= 11 is 2.91. The number of nitrogens with zero attached hydrogens (tertiary/aromatic N) is 7. The van der Waals surface area contributed by atoms with Crippen molar-refractivity contribution < 1.29 is 4.92 Å². The molecule has 4 aromatic rings. The van der Waals surface area contributed by atoms with Gasteiger partial charge in [0.25, 0.3) is 5.69 Å². The van der Waals surface area contributed by atoms with E-state index in [9.17, 15) is 15.4 Å². The van der Waals surface area contributed by atoms with Gasteiger partial charge in [0.15, 0.2) is 11.0 Å². The molecule has 0 saturated carbocycles. The molecule has 0 bridgehead atoms. The van der Waals surface area contributed by atoms with Gasteiger partial charge in [-0.3, -0.25) is 15.1 Å². The van der Waals surface area contributed by atoms with E-state index >= 15 is 0 Å². The van der Waals surface area contributed by atoms with Crippen LogP contribution in [-0.2, 0) is 19.4 Å². The SMILES string of the molecule is CCn1c(Sc2ccc([N+](=O)[O-])cc2C=Nc2sc3c(c2C#N)CCCC3)nnc1-c1ccncc1. The van der Waals surface area contributed by atoms with E-state index in [1.807, 2.05) is 23.6 Å². The first-order chi connectivity index (χ1) is 17.6. The minimum atomic E-state index is -0.424. The molecule has 11 heteroatoms. The maximum Gasteiger partial charge on any atom is 0.270 e. The van der Waals surface area contributed by atoms with Crippen molar-refractivity contribution in [3.8, 4) is 17.5 Å². The summed E-state index contributed by atoms with van der Waals surface area (Å²) in [4.78, 5) is 21.7. The molecule has 36 heavy (non-hydrogen) atoms. The lowest BCUT2D eigenvalue weighted by molar-refractivity contribution is -0.384. The second-order valence-corrected chi connectivity index (χ2v) is 10.2. The normalized spacial score (nSPS) is 13.0. The van der Waals surface area contributed by atoms with Crippen molar-refractivity contribution in [2.75, 3.05) is 0 Å². The van der Waals surface area contributed by atoms with Gasteiger partial charge in [-0.05, 0) is 68.1 Å². The van der Waals surface area contributed by atoms with Crippen molar-refractivity contribution in [2.24, 2.45) is 4.99 Å². The molecule has 0 spiro atoms. The van der Waals surface area contributed by atoms with Crippen molar-refractivity contribution >= 4 is 40.0 Å². The molecular formula is C25H21N7O2S2. The molecule has 1 aliphatic rings. The maximum absolute atomic E-state index is 11.5. The number of thiophene rings is 1. The van der Waals surface area contributed by atoms with Crippen molar-refractivity contribution in [3.05, 3.63) is 74.4 Å². The van der Waals surface area contributed by atoms with E-state index in [1.54, 1.807) is 36.0 Å². The number of aryl methyl sites for hydroxylation is 1. The van der Waals surface area contributed by atoms with Gasteiger partial charge in [0, 0.05) is 58.2 Å². The van der Waals surface area contributed by atoms with Gasteiger partial charge in [0.1, 0.15) is 11.1 Å². The Balaban J connectivity index is 1.52. The molecule has 0 atom stereocenters. The molecule has 0 amide bonds. The number of fused-ring (bicyclic) bond motifs is 1. The summed E-state index contributed by atoms with van der Waals surface area (Å²) in [5, 5.41) is 31.3. The minimum absolute atomic E-state index is 0.0267. The Labute approximate surface area is 215 Å². The lowest BCUT2D eigenvalue weighted by Gasteiger charge is -2.09. The molecule has 9 nitrogen and oxygen atoms in total. The number of pyridine rings is 1. The lowest BCUT2D eigenvalue weighted by Crippen LogP contribution is -2.00. The van der Waals surface area contributed by atoms with Crippen molar-refractivity contribution in [2.45, 2.75) is 49.2 Å². The summed E-state index contributed by atoms with van der Waals surface area (Å²) in [6.07, 6.45) is 9.09. The number of hydrogen-bond donors (Lipinski definition) is 0. The molecular weight excluding hydrogens is 494 g/mol. The Bertz CT molecular complexity index is 1500. The fourth-order valence-corrected chi connectivity index (χ4v) is 6.34. The van der Waals surface area contributed by atoms with Crippen LogP contribution in [0, 0.1) is 21.4 Å². The smallest absolute Gasteiger partial charge is 0.270 e. The van der Waals surface area contributed by atoms with E-state index in [-0.39, 0.29) is 5.69 Å². The fourth-order valence-electron chi connectivity index (χ4n) is 4.19. The van der Waals surface area contributed by atoms with E-state index in [1.165, 1.54) is 28.8 Å². The Morgan fingerprint density at radius 2 is 2.06 bits per heavy atom. The van der Waals surface area contributed by atoms with Gasteiger partial charge in [0.2, 0.25) is 0 Å². The zero-order valence-corrected chi connectivity index (χ0v) is 21.1. The molecule has 1 aliphatic carbocycles. The summed E-state index contributed by atoms with van der Waals surface area (Å²) in [5.74, 6) is 0.724. The molecule has 0 radical (unpaired) electrons. The van der Waals surface area contributed by atoms with E-state index in [0.29, 0.717) is 27.8 Å². The number of nitro benzene ring substituents is 1. The van der Waals surface area contributed by atoms with Gasteiger partial charge >= 0.3 is 0 Å². The molecule has 0 unspecified atom stereocenters. The van der Waals surface area contributed by atoms with Crippen molar-refractivity contribution in [3.63, 3.8) is 0 Å². The topological polar surface area (TPSA) is 123 Å². The van der Waals surface area contributed by atoms with Crippen LogP contribution in [0.15, 0.2) is 57.8 Å². The number of aliphatic imine (C=N–C) groups is 1. The average molecular weight is 516 g/mol. The number of non-ortho nitro benzene ring substituents is 1. The summed E-state index contributed by atoms with van der Waals surface area (Å²) in [6, 6.07) is 10.7. The first kappa shape index (κ1) is 23.8. The van der Waals surface area contributed by atoms with Gasteiger partial charge in [-0.15, -0.1) is 21.5 Å². The summed E-state index contributed by atoms with van der Waals surface area (Å²) in [6.45, 7) is 2.66. The molecule has 1 aromatic carbocycles. The summed E-state index contributed by atoms with van der Waals surface area (Å²) in [7, 11) is 0. The lowest BCUT2D eigenvalue weighted by atomic mass is 9.96. The van der Waals surface area contributed by atoms with Gasteiger partial charge in [-0.25, -0.2) is 4.99 Å². The molecule has 3 heterocycles. The van der Waals surface area contributed by atoms with Crippen LogP contribution in [0.5, 0.6) is 0 Å². The highest BCUT2D eigenvalue weighted by atomic mass is 32.2. The Hall–Kier alpha value is -3.88. The first-order valence-electron chi connectivity index (χ1n) is 11.5. The molecule has 0 aliphatic heterocycles. The fraction of sp³-hybridized carbons (Fsp3) is 0.240. The van der Waals surface area contributed by atoms with Gasteiger partial charge < -0.3 is 4.57 Å². The van der Waals surface area contributed by atoms with Crippen LogP contribution in [0.2, 0.25) is 0 Å².